The van der Waals surface area contributed by atoms with Crippen molar-refractivity contribution >= 4 is 15.9 Å². The van der Waals surface area contributed by atoms with E-state index in [9.17, 15) is 17.8 Å². The maximum Gasteiger partial charge on any atom is 0.357 e. The Bertz CT molecular complexity index is 1210. The molecule has 0 radical (unpaired) electrons. The monoisotopic (exact) mass is 684 g/mol. The highest BCUT2D eigenvalue weighted by atomic mass is 127. The molecule has 0 spiro atoms. The summed E-state index contributed by atoms with van der Waals surface area (Å²) in [5.74, 6) is 1.28. The molecule has 8 nitrogen and oxygen atoms in total. The maximum atomic E-state index is 11.8. The molecule has 0 heterocycles. The fourth-order valence-electron chi connectivity index (χ4n) is 5.40. The third-order valence-electron chi connectivity index (χ3n) is 7.59. The van der Waals surface area contributed by atoms with Gasteiger partial charge in [0.25, 0.3) is 0 Å². The van der Waals surface area contributed by atoms with Crippen LogP contribution in [-0.4, -0.2) is 37.1 Å². The standard InChI is InChI=1S/C20H22IO4.C10H16O4S/c1-5-22-15(3)24-19-11-7-17(8-12-19)21-18-9-13-20(14-10-18)25-16(4)23-6-2;1-9(2)7-3-4-10(9,8(11)5-7)6-15(12,13)14/h5-16H,1-2H2,3-4H3;7H,3-6H2,1-2H3,(H,12,13,14)/q+1;/p-1. The Labute approximate surface area is 247 Å². The fraction of sp³-hybridized carbons (Fsp3) is 0.433. The van der Waals surface area contributed by atoms with Crippen LogP contribution in [0.5, 0.6) is 11.5 Å². The molecular weight excluding hydrogens is 647 g/mol. The molecule has 2 aliphatic carbocycles. The first-order chi connectivity index (χ1) is 18.8. The molecule has 2 saturated carbocycles. The molecular formula is C30H37IO8S. The molecule has 0 aromatic heterocycles. The van der Waals surface area contributed by atoms with Crippen LogP contribution in [0.2, 0.25) is 0 Å². The van der Waals surface area contributed by atoms with Crippen LogP contribution in [0.3, 0.4) is 0 Å². The van der Waals surface area contributed by atoms with Crippen LogP contribution >= 0.6 is 0 Å². The lowest BCUT2D eigenvalue weighted by molar-refractivity contribution is -0.597. The van der Waals surface area contributed by atoms with Gasteiger partial charge in [0, 0.05) is 25.7 Å². The topological polar surface area (TPSA) is 111 Å². The number of carbonyl (C=O) groups excluding carboxylic acids is 1. The number of benzene rings is 2. The van der Waals surface area contributed by atoms with Crippen LogP contribution in [0.15, 0.2) is 74.2 Å². The van der Waals surface area contributed by atoms with E-state index in [2.05, 4.69) is 37.4 Å². The fourth-order valence-corrected chi connectivity index (χ4v) is 8.84. The molecule has 2 bridgehead atoms. The highest BCUT2D eigenvalue weighted by molar-refractivity contribution is 7.85. The van der Waals surface area contributed by atoms with E-state index in [0.29, 0.717) is 12.8 Å². The smallest absolute Gasteiger partial charge is 0.357 e. The van der Waals surface area contributed by atoms with E-state index in [-0.39, 0.29) is 50.9 Å². The quantitative estimate of drug-likeness (QED) is 0.145. The Morgan fingerprint density at radius 2 is 1.40 bits per heavy atom. The van der Waals surface area contributed by atoms with Crippen molar-refractivity contribution in [2.75, 3.05) is 5.75 Å². The highest BCUT2D eigenvalue weighted by Crippen LogP contribution is 2.64. The molecule has 4 atom stereocenters. The summed E-state index contributed by atoms with van der Waals surface area (Å²) in [7, 11) is -4.33. The van der Waals surface area contributed by atoms with Gasteiger partial charge in [-0.15, -0.1) is 0 Å². The summed E-state index contributed by atoms with van der Waals surface area (Å²) in [5, 5.41) is 0. The molecule has 218 valence electrons. The van der Waals surface area contributed by atoms with Crippen molar-refractivity contribution in [3.63, 3.8) is 0 Å². The Morgan fingerprint density at radius 1 is 0.950 bits per heavy atom. The number of rotatable bonds is 12. The number of hydrogen-bond acceptors (Lipinski definition) is 8. The zero-order valence-electron chi connectivity index (χ0n) is 23.3. The predicted octanol–water partition coefficient (Wildman–Crippen LogP) is 2.51. The summed E-state index contributed by atoms with van der Waals surface area (Å²) in [6.07, 6.45) is 3.93. The Balaban J connectivity index is 0.000000249. The third-order valence-corrected chi connectivity index (χ3v) is 11.1. The Morgan fingerprint density at radius 3 is 1.73 bits per heavy atom. The maximum absolute atomic E-state index is 11.8. The zero-order valence-corrected chi connectivity index (χ0v) is 26.3. The van der Waals surface area contributed by atoms with Gasteiger partial charge in [-0.1, -0.05) is 27.0 Å². The minimum absolute atomic E-state index is 0.0248. The third kappa shape index (κ3) is 8.01. The van der Waals surface area contributed by atoms with Gasteiger partial charge < -0.3 is 23.5 Å². The van der Waals surface area contributed by atoms with Gasteiger partial charge in [-0.2, -0.15) is 0 Å². The number of ether oxygens (including phenoxy) is 4. The van der Waals surface area contributed by atoms with E-state index < -0.39 is 21.3 Å². The number of halogens is 1. The summed E-state index contributed by atoms with van der Waals surface area (Å²) in [4.78, 5) is 11.8. The lowest BCUT2D eigenvalue weighted by Gasteiger charge is -2.37. The minimum Gasteiger partial charge on any atom is -0.748 e. The normalized spacial score (nSPS) is 22.3. The Kier molecular flexibility index (Phi) is 10.7. The van der Waals surface area contributed by atoms with E-state index in [0.717, 1.165) is 17.9 Å². The number of fused-ring (bicyclic) bond motifs is 2. The van der Waals surface area contributed by atoms with Crippen molar-refractivity contribution in [3.8, 4) is 11.5 Å². The molecule has 2 fully saturated rings. The van der Waals surface area contributed by atoms with Crippen molar-refractivity contribution in [2.24, 2.45) is 16.7 Å². The van der Waals surface area contributed by atoms with Crippen LogP contribution in [0, 0.1) is 23.9 Å². The second-order valence-electron chi connectivity index (χ2n) is 10.3. The molecule has 40 heavy (non-hydrogen) atoms. The van der Waals surface area contributed by atoms with Crippen molar-refractivity contribution in [2.45, 2.75) is 59.5 Å². The van der Waals surface area contributed by atoms with Crippen molar-refractivity contribution in [3.05, 3.63) is 81.4 Å². The Hall–Kier alpha value is -2.57. The first-order valence-electron chi connectivity index (χ1n) is 13.0. The van der Waals surface area contributed by atoms with Crippen molar-refractivity contribution in [1.82, 2.24) is 0 Å². The molecule has 0 N–H and O–H groups in total. The second-order valence-corrected chi connectivity index (χ2v) is 14.8. The lowest BCUT2D eigenvalue weighted by Crippen LogP contribution is -3.61. The summed E-state index contributed by atoms with van der Waals surface area (Å²) in [5.41, 5.74) is -1.22. The van der Waals surface area contributed by atoms with Gasteiger partial charge in [-0.25, -0.2) is 8.42 Å². The van der Waals surface area contributed by atoms with Crippen LogP contribution in [0.4, 0.5) is 0 Å². The highest BCUT2D eigenvalue weighted by Gasteiger charge is 2.64. The minimum atomic E-state index is -4.33. The molecule has 2 aliphatic rings. The molecule has 4 unspecified atom stereocenters. The average molecular weight is 685 g/mol. The first kappa shape index (κ1) is 32.0. The lowest BCUT2D eigenvalue weighted by atomic mass is 9.70. The molecule has 2 aromatic rings. The van der Waals surface area contributed by atoms with Crippen LogP contribution < -0.4 is 30.7 Å². The van der Waals surface area contributed by atoms with Gasteiger partial charge in [0.2, 0.25) is 12.6 Å². The number of carbonyl (C=O) groups is 1. The first-order valence-corrected chi connectivity index (χ1v) is 16.7. The molecule has 0 aliphatic heterocycles. The summed E-state index contributed by atoms with van der Waals surface area (Å²) in [6.45, 7) is 14.5. The van der Waals surface area contributed by atoms with E-state index in [1.54, 1.807) is 0 Å². The molecule has 0 saturated heterocycles. The zero-order chi connectivity index (χ0) is 29.6. The van der Waals surface area contributed by atoms with E-state index >= 15 is 0 Å². The summed E-state index contributed by atoms with van der Waals surface area (Å²) in [6, 6.07) is 16.2. The van der Waals surface area contributed by atoms with Gasteiger partial charge in [0.1, 0.15) is 17.3 Å². The van der Waals surface area contributed by atoms with Crippen LogP contribution in [-0.2, 0) is 24.4 Å². The van der Waals surface area contributed by atoms with E-state index in [1.807, 2.05) is 52.0 Å². The molecule has 10 heteroatoms. The average Bonchev–Trinajstić information content (AvgIpc) is 3.20. The van der Waals surface area contributed by atoms with E-state index in [4.69, 9.17) is 18.9 Å². The van der Waals surface area contributed by atoms with E-state index in [1.165, 1.54) is 19.7 Å². The number of hydrogen-bond donors (Lipinski definition) is 0. The molecule has 0 amide bonds. The number of ketones is 1. The van der Waals surface area contributed by atoms with Crippen molar-refractivity contribution < 1.29 is 57.9 Å². The summed E-state index contributed by atoms with van der Waals surface area (Å²) < 4.78 is 56.8. The predicted molar refractivity (Wildman–Crippen MR) is 146 cm³/mol. The van der Waals surface area contributed by atoms with Crippen LogP contribution in [0.1, 0.15) is 47.0 Å². The second kappa shape index (κ2) is 13.4. The van der Waals surface area contributed by atoms with Gasteiger partial charge in [-0.05, 0) is 72.7 Å². The SMILES string of the molecule is C=COC(C)Oc1ccc([I+]c2ccc(OC(C)OC=C)cc2)cc1.CC1(C)C2CCC1(CS(=O)(=O)[O-])C(=O)C2. The molecule has 4 rings (SSSR count). The molecule has 2 aromatic carbocycles. The van der Waals surface area contributed by atoms with Gasteiger partial charge in [0.15, 0.2) is 7.14 Å². The van der Waals surface area contributed by atoms with Crippen molar-refractivity contribution in [1.29, 1.82) is 0 Å². The largest absolute Gasteiger partial charge is 0.748 e. The van der Waals surface area contributed by atoms with Crippen LogP contribution in [0.25, 0.3) is 0 Å². The summed E-state index contributed by atoms with van der Waals surface area (Å²) >= 11 is -0.259. The van der Waals surface area contributed by atoms with Gasteiger partial charge in [-0.3, -0.25) is 4.79 Å². The van der Waals surface area contributed by atoms with Gasteiger partial charge in [0.05, 0.1) is 28.4 Å². The number of Topliss-reactive ketones (excluding diaryl/α,β-unsaturated/α-hetero) is 1. The van der Waals surface area contributed by atoms with Gasteiger partial charge >= 0.3 is 21.2 Å².